The zero-order valence-corrected chi connectivity index (χ0v) is 8.99. The highest BCUT2D eigenvalue weighted by molar-refractivity contribution is 5.74. The molecule has 0 bridgehead atoms. The lowest BCUT2D eigenvalue weighted by Crippen LogP contribution is -2.57. The van der Waals surface area contributed by atoms with Gasteiger partial charge in [0, 0.05) is 25.7 Å². The predicted octanol–water partition coefficient (Wildman–Crippen LogP) is 0.533. The van der Waals surface area contributed by atoms with E-state index in [1.54, 1.807) is 0 Å². The molecular formula is C10H20N2O2. The molecule has 0 aliphatic carbocycles. The van der Waals surface area contributed by atoms with Gasteiger partial charge in [0.1, 0.15) is 6.04 Å². The molecule has 1 rings (SSSR count). The molecule has 0 aromatic heterocycles. The van der Waals surface area contributed by atoms with Gasteiger partial charge in [-0.15, -0.1) is 0 Å². The van der Waals surface area contributed by atoms with E-state index in [0.717, 1.165) is 25.9 Å². The predicted molar refractivity (Wildman–Crippen MR) is 55.4 cm³/mol. The third-order valence-electron chi connectivity index (χ3n) is 2.84. The van der Waals surface area contributed by atoms with Crippen LogP contribution in [0.5, 0.6) is 0 Å². The van der Waals surface area contributed by atoms with Crippen LogP contribution < -0.4 is 5.32 Å². The Morgan fingerprint density at radius 2 is 2.43 bits per heavy atom. The van der Waals surface area contributed by atoms with Gasteiger partial charge in [0.05, 0.1) is 0 Å². The van der Waals surface area contributed by atoms with Gasteiger partial charge < -0.3 is 10.4 Å². The number of carboxylic acids is 1. The molecule has 4 heteroatoms. The van der Waals surface area contributed by atoms with Crippen LogP contribution in [0.4, 0.5) is 0 Å². The molecular weight excluding hydrogens is 180 g/mol. The Morgan fingerprint density at radius 1 is 1.71 bits per heavy atom. The fourth-order valence-corrected chi connectivity index (χ4v) is 2.06. The highest BCUT2D eigenvalue weighted by Crippen LogP contribution is 2.12. The van der Waals surface area contributed by atoms with E-state index in [9.17, 15) is 4.79 Å². The molecule has 1 heterocycles. The number of rotatable bonds is 4. The molecule has 2 unspecified atom stereocenters. The van der Waals surface area contributed by atoms with E-state index in [1.807, 2.05) is 0 Å². The number of piperazine rings is 1. The third kappa shape index (κ3) is 2.69. The molecule has 0 radical (unpaired) electrons. The van der Waals surface area contributed by atoms with Crippen LogP contribution in [-0.4, -0.2) is 47.7 Å². The number of hydrogen-bond acceptors (Lipinski definition) is 3. The van der Waals surface area contributed by atoms with Gasteiger partial charge in [-0.25, -0.2) is 0 Å². The summed E-state index contributed by atoms with van der Waals surface area (Å²) in [7, 11) is 0. The quantitative estimate of drug-likeness (QED) is 0.695. The van der Waals surface area contributed by atoms with Crippen molar-refractivity contribution in [2.24, 2.45) is 0 Å². The lowest BCUT2D eigenvalue weighted by atomic mass is 10.1. The topological polar surface area (TPSA) is 52.6 Å². The minimum atomic E-state index is -0.708. The molecule has 0 amide bonds. The van der Waals surface area contributed by atoms with Crippen molar-refractivity contribution < 1.29 is 9.90 Å². The highest BCUT2D eigenvalue weighted by atomic mass is 16.4. The molecule has 14 heavy (non-hydrogen) atoms. The minimum absolute atomic E-state index is 0.342. The lowest BCUT2D eigenvalue weighted by Gasteiger charge is -2.37. The summed E-state index contributed by atoms with van der Waals surface area (Å²) >= 11 is 0. The summed E-state index contributed by atoms with van der Waals surface area (Å²) in [6, 6.07) is 0.0356. The highest BCUT2D eigenvalue weighted by Gasteiger charge is 2.30. The van der Waals surface area contributed by atoms with E-state index in [0.29, 0.717) is 12.6 Å². The molecule has 1 fully saturated rings. The molecule has 82 valence electrons. The van der Waals surface area contributed by atoms with Crippen LogP contribution in [0.15, 0.2) is 0 Å². The first-order valence-corrected chi connectivity index (χ1v) is 5.36. The summed E-state index contributed by atoms with van der Waals surface area (Å²) in [4.78, 5) is 13.1. The summed E-state index contributed by atoms with van der Waals surface area (Å²) in [5.74, 6) is -0.708. The second-order valence-electron chi connectivity index (χ2n) is 3.93. The Bertz CT molecular complexity index is 197. The van der Waals surface area contributed by atoms with Gasteiger partial charge in [0.2, 0.25) is 0 Å². The molecule has 0 aromatic carbocycles. The van der Waals surface area contributed by atoms with E-state index in [1.165, 1.54) is 0 Å². The van der Waals surface area contributed by atoms with Gasteiger partial charge >= 0.3 is 5.97 Å². The van der Waals surface area contributed by atoms with Crippen LogP contribution in [-0.2, 0) is 4.79 Å². The van der Waals surface area contributed by atoms with Gasteiger partial charge in [-0.3, -0.25) is 9.69 Å². The number of nitrogens with zero attached hydrogens (tertiary/aromatic N) is 1. The average molecular weight is 200 g/mol. The molecule has 1 saturated heterocycles. The van der Waals surface area contributed by atoms with Crippen molar-refractivity contribution in [2.45, 2.75) is 38.8 Å². The van der Waals surface area contributed by atoms with Crippen molar-refractivity contribution in [2.75, 3.05) is 19.6 Å². The van der Waals surface area contributed by atoms with Crippen LogP contribution in [0.25, 0.3) is 0 Å². The number of carboxylic acid groups (broad SMARTS) is 1. The summed E-state index contributed by atoms with van der Waals surface area (Å²) < 4.78 is 0. The standard InChI is InChI=1S/C10H20N2O2/c1-3-4-8(2)12-6-5-11-7-9(12)10(13)14/h8-9,11H,3-7H2,1-2H3,(H,13,14). The smallest absolute Gasteiger partial charge is 0.322 e. The SMILES string of the molecule is CCCC(C)N1CCNCC1C(=O)O. The van der Waals surface area contributed by atoms with Gasteiger partial charge in [-0.1, -0.05) is 13.3 Å². The molecule has 1 aliphatic heterocycles. The van der Waals surface area contributed by atoms with Crippen molar-refractivity contribution in [3.05, 3.63) is 0 Å². The normalized spacial score (nSPS) is 26.0. The van der Waals surface area contributed by atoms with E-state index < -0.39 is 5.97 Å². The average Bonchev–Trinajstić information content (AvgIpc) is 2.18. The van der Waals surface area contributed by atoms with E-state index in [4.69, 9.17) is 5.11 Å². The molecule has 2 atom stereocenters. The fourth-order valence-electron chi connectivity index (χ4n) is 2.06. The molecule has 1 aliphatic rings. The number of aliphatic carboxylic acids is 1. The zero-order chi connectivity index (χ0) is 10.6. The first kappa shape index (κ1) is 11.5. The first-order valence-electron chi connectivity index (χ1n) is 5.36. The summed E-state index contributed by atoms with van der Waals surface area (Å²) in [5.41, 5.74) is 0. The fraction of sp³-hybridized carbons (Fsp3) is 0.900. The van der Waals surface area contributed by atoms with Crippen LogP contribution in [0.2, 0.25) is 0 Å². The lowest BCUT2D eigenvalue weighted by molar-refractivity contribution is -0.145. The van der Waals surface area contributed by atoms with Crippen molar-refractivity contribution >= 4 is 5.97 Å². The van der Waals surface area contributed by atoms with E-state index in [-0.39, 0.29) is 6.04 Å². The zero-order valence-electron chi connectivity index (χ0n) is 8.99. The van der Waals surface area contributed by atoms with Gasteiger partial charge in [0.25, 0.3) is 0 Å². The summed E-state index contributed by atoms with van der Waals surface area (Å²) in [6.07, 6.45) is 2.18. The number of carbonyl (C=O) groups is 1. The van der Waals surface area contributed by atoms with Crippen LogP contribution in [0.1, 0.15) is 26.7 Å². The van der Waals surface area contributed by atoms with Crippen molar-refractivity contribution in [3.63, 3.8) is 0 Å². The molecule has 0 saturated carbocycles. The summed E-state index contributed by atoms with van der Waals surface area (Å²) in [5, 5.41) is 12.2. The Labute approximate surface area is 85.3 Å². The maximum Gasteiger partial charge on any atom is 0.322 e. The van der Waals surface area contributed by atoms with Crippen molar-refractivity contribution in [1.82, 2.24) is 10.2 Å². The monoisotopic (exact) mass is 200 g/mol. The maximum absolute atomic E-state index is 11.0. The second kappa shape index (κ2) is 5.32. The first-order chi connectivity index (χ1) is 6.66. The van der Waals surface area contributed by atoms with Crippen LogP contribution >= 0.6 is 0 Å². The van der Waals surface area contributed by atoms with E-state index in [2.05, 4.69) is 24.1 Å². The third-order valence-corrected chi connectivity index (χ3v) is 2.84. The van der Waals surface area contributed by atoms with Crippen molar-refractivity contribution in [1.29, 1.82) is 0 Å². The van der Waals surface area contributed by atoms with E-state index >= 15 is 0 Å². The Balaban J connectivity index is 2.57. The maximum atomic E-state index is 11.0. The summed E-state index contributed by atoms with van der Waals surface area (Å²) in [6.45, 7) is 6.57. The van der Waals surface area contributed by atoms with Crippen LogP contribution in [0.3, 0.4) is 0 Å². The molecule has 2 N–H and O–H groups in total. The minimum Gasteiger partial charge on any atom is -0.480 e. The Hall–Kier alpha value is -0.610. The molecule has 4 nitrogen and oxygen atoms in total. The Morgan fingerprint density at radius 3 is 3.00 bits per heavy atom. The van der Waals surface area contributed by atoms with Crippen LogP contribution in [0, 0.1) is 0 Å². The van der Waals surface area contributed by atoms with Gasteiger partial charge in [-0.2, -0.15) is 0 Å². The van der Waals surface area contributed by atoms with Gasteiger partial charge in [0.15, 0.2) is 0 Å². The van der Waals surface area contributed by atoms with Gasteiger partial charge in [-0.05, 0) is 13.3 Å². The number of hydrogen-bond donors (Lipinski definition) is 2. The molecule has 0 aromatic rings. The Kier molecular flexibility index (Phi) is 4.35. The van der Waals surface area contributed by atoms with Crippen molar-refractivity contribution in [3.8, 4) is 0 Å². The molecule has 0 spiro atoms. The second-order valence-corrected chi connectivity index (χ2v) is 3.93. The largest absolute Gasteiger partial charge is 0.480 e. The number of nitrogens with one attached hydrogen (secondary N) is 1.